The maximum atomic E-state index is 12.7. The van der Waals surface area contributed by atoms with Crippen LogP contribution in [0.25, 0.3) is 0 Å². The molecular weight excluding hydrogens is 380 g/mol. The Morgan fingerprint density at radius 1 is 0.933 bits per heavy atom. The van der Waals surface area contributed by atoms with Crippen molar-refractivity contribution < 1.29 is 19.4 Å². The first-order valence-corrected chi connectivity index (χ1v) is 9.52. The number of amides is 2. The summed E-state index contributed by atoms with van der Waals surface area (Å²) >= 11 is 0. The number of aliphatic hydroxyl groups excluding tert-OH is 1. The predicted octanol–water partition coefficient (Wildman–Crippen LogP) is 3.97. The average molecular weight is 400 g/mol. The van der Waals surface area contributed by atoms with Crippen molar-refractivity contribution in [3.05, 3.63) is 102 Å². The zero-order chi connectivity index (χ0) is 20.9. The SMILES string of the molecule is O=C(Nc1cccc(Oc2ccccc2)c1)C1=C(O)C(Cc2ccccc2)NC1=O. The van der Waals surface area contributed by atoms with Crippen LogP contribution in [0.15, 0.2) is 96.3 Å². The molecule has 1 aliphatic rings. The second kappa shape index (κ2) is 8.53. The molecule has 6 heteroatoms. The lowest BCUT2D eigenvalue weighted by Crippen LogP contribution is -2.31. The number of benzene rings is 3. The first kappa shape index (κ1) is 19.3. The smallest absolute Gasteiger partial charge is 0.264 e. The Bertz CT molecular complexity index is 1090. The molecule has 2 amide bonds. The van der Waals surface area contributed by atoms with Gasteiger partial charge in [0.1, 0.15) is 22.8 Å². The topological polar surface area (TPSA) is 87.7 Å². The van der Waals surface area contributed by atoms with E-state index in [2.05, 4.69) is 10.6 Å². The van der Waals surface area contributed by atoms with Gasteiger partial charge >= 0.3 is 0 Å². The van der Waals surface area contributed by atoms with Crippen molar-refractivity contribution in [2.24, 2.45) is 0 Å². The third kappa shape index (κ3) is 4.33. The lowest BCUT2D eigenvalue weighted by molar-refractivity contribution is -0.120. The molecule has 0 saturated heterocycles. The molecule has 1 heterocycles. The van der Waals surface area contributed by atoms with Crippen molar-refractivity contribution in [2.45, 2.75) is 12.5 Å². The maximum Gasteiger partial charge on any atom is 0.264 e. The number of aliphatic hydroxyl groups is 1. The zero-order valence-corrected chi connectivity index (χ0v) is 16.0. The largest absolute Gasteiger partial charge is 0.509 e. The number of ether oxygens (including phenoxy) is 1. The molecule has 0 aliphatic carbocycles. The lowest BCUT2D eigenvalue weighted by atomic mass is 10.0. The standard InChI is InChI=1S/C24H20N2O4/c27-22-20(14-16-8-3-1-4-9-16)26-24(29)21(22)23(28)25-17-10-7-13-19(15-17)30-18-11-5-2-6-12-18/h1-13,15,20,27H,14H2,(H,25,28)(H,26,29). The second-order valence-electron chi connectivity index (χ2n) is 6.87. The van der Waals surface area contributed by atoms with Crippen molar-refractivity contribution in [3.63, 3.8) is 0 Å². The molecule has 3 aromatic rings. The number of para-hydroxylation sites is 1. The number of hydrogen-bond donors (Lipinski definition) is 3. The van der Waals surface area contributed by atoms with E-state index >= 15 is 0 Å². The highest BCUT2D eigenvalue weighted by molar-refractivity contribution is 6.24. The van der Waals surface area contributed by atoms with Crippen LogP contribution in [0.4, 0.5) is 5.69 Å². The molecular formula is C24H20N2O4. The average Bonchev–Trinajstić information content (AvgIpc) is 3.03. The van der Waals surface area contributed by atoms with Crippen molar-refractivity contribution in [3.8, 4) is 11.5 Å². The van der Waals surface area contributed by atoms with Gasteiger partial charge in [0.2, 0.25) is 0 Å². The minimum Gasteiger partial charge on any atom is -0.509 e. The fourth-order valence-electron chi connectivity index (χ4n) is 3.26. The molecule has 0 fully saturated rings. The van der Waals surface area contributed by atoms with E-state index in [-0.39, 0.29) is 11.3 Å². The van der Waals surface area contributed by atoms with E-state index < -0.39 is 17.9 Å². The highest BCUT2D eigenvalue weighted by Gasteiger charge is 2.36. The zero-order valence-electron chi connectivity index (χ0n) is 16.0. The normalized spacial score (nSPS) is 15.6. The van der Waals surface area contributed by atoms with Crippen LogP contribution < -0.4 is 15.4 Å². The summed E-state index contributed by atoms with van der Waals surface area (Å²) in [5.74, 6) is -0.312. The van der Waals surface area contributed by atoms with Crippen LogP contribution >= 0.6 is 0 Å². The Morgan fingerprint density at radius 2 is 1.60 bits per heavy atom. The Hall–Kier alpha value is -4.06. The maximum absolute atomic E-state index is 12.7. The molecule has 3 N–H and O–H groups in total. The van der Waals surface area contributed by atoms with Gasteiger partial charge in [-0.05, 0) is 36.2 Å². The van der Waals surface area contributed by atoms with Gasteiger partial charge in [-0.1, -0.05) is 54.6 Å². The van der Waals surface area contributed by atoms with Gasteiger partial charge in [-0.2, -0.15) is 0 Å². The summed E-state index contributed by atoms with van der Waals surface area (Å²) in [4.78, 5) is 25.0. The Morgan fingerprint density at radius 3 is 2.33 bits per heavy atom. The van der Waals surface area contributed by atoms with E-state index in [1.54, 1.807) is 24.3 Å². The van der Waals surface area contributed by atoms with E-state index in [0.717, 1.165) is 5.56 Å². The van der Waals surface area contributed by atoms with Gasteiger partial charge < -0.3 is 20.5 Å². The van der Waals surface area contributed by atoms with Crippen molar-refractivity contribution in [1.29, 1.82) is 0 Å². The van der Waals surface area contributed by atoms with E-state index in [4.69, 9.17) is 4.74 Å². The minimum atomic E-state index is -0.669. The molecule has 0 spiro atoms. The minimum absolute atomic E-state index is 0.252. The molecule has 0 saturated carbocycles. The van der Waals surface area contributed by atoms with Crippen molar-refractivity contribution in [2.75, 3.05) is 5.32 Å². The van der Waals surface area contributed by atoms with Crippen LogP contribution in [-0.4, -0.2) is 23.0 Å². The summed E-state index contributed by atoms with van der Waals surface area (Å²) in [6.45, 7) is 0. The molecule has 1 atom stereocenters. The van der Waals surface area contributed by atoms with Gasteiger partial charge in [0.25, 0.3) is 11.8 Å². The van der Waals surface area contributed by atoms with Gasteiger partial charge in [-0.3, -0.25) is 9.59 Å². The molecule has 3 aromatic carbocycles. The van der Waals surface area contributed by atoms with Gasteiger partial charge in [0, 0.05) is 11.8 Å². The first-order valence-electron chi connectivity index (χ1n) is 9.52. The second-order valence-corrected chi connectivity index (χ2v) is 6.87. The quantitative estimate of drug-likeness (QED) is 0.547. The highest BCUT2D eigenvalue weighted by Crippen LogP contribution is 2.25. The van der Waals surface area contributed by atoms with Gasteiger partial charge in [0.05, 0.1) is 6.04 Å². The lowest BCUT2D eigenvalue weighted by Gasteiger charge is -2.10. The van der Waals surface area contributed by atoms with Crippen LogP contribution in [0.3, 0.4) is 0 Å². The molecule has 6 nitrogen and oxygen atoms in total. The third-order valence-corrected chi connectivity index (χ3v) is 4.70. The van der Waals surface area contributed by atoms with Gasteiger partial charge in [-0.25, -0.2) is 0 Å². The number of rotatable bonds is 6. The molecule has 30 heavy (non-hydrogen) atoms. The first-order chi connectivity index (χ1) is 14.6. The van der Waals surface area contributed by atoms with Crippen LogP contribution in [-0.2, 0) is 16.0 Å². The Kier molecular flexibility index (Phi) is 5.48. The van der Waals surface area contributed by atoms with Crippen LogP contribution in [0.2, 0.25) is 0 Å². The van der Waals surface area contributed by atoms with E-state index in [0.29, 0.717) is 23.6 Å². The molecule has 0 radical (unpaired) electrons. The molecule has 1 aliphatic heterocycles. The van der Waals surface area contributed by atoms with Crippen molar-refractivity contribution >= 4 is 17.5 Å². The van der Waals surface area contributed by atoms with E-state index in [9.17, 15) is 14.7 Å². The summed E-state index contributed by atoms with van der Waals surface area (Å²) in [5.41, 5.74) is 1.13. The van der Waals surface area contributed by atoms with Gasteiger partial charge in [0.15, 0.2) is 0 Å². The Balaban J connectivity index is 1.47. The van der Waals surface area contributed by atoms with E-state index in [1.165, 1.54) is 0 Å². The van der Waals surface area contributed by atoms with Gasteiger partial charge in [-0.15, -0.1) is 0 Å². The summed E-state index contributed by atoms with van der Waals surface area (Å²) in [5, 5.41) is 15.8. The molecule has 1 unspecified atom stereocenters. The number of anilines is 1. The predicted molar refractivity (Wildman–Crippen MR) is 113 cm³/mol. The fourth-order valence-corrected chi connectivity index (χ4v) is 3.26. The van der Waals surface area contributed by atoms with Crippen molar-refractivity contribution in [1.82, 2.24) is 5.32 Å². The summed E-state index contributed by atoms with van der Waals surface area (Å²) in [6, 6.07) is 24.9. The monoisotopic (exact) mass is 400 g/mol. The fraction of sp³-hybridized carbons (Fsp3) is 0.0833. The molecule has 150 valence electrons. The van der Waals surface area contributed by atoms with Crippen LogP contribution in [0.5, 0.6) is 11.5 Å². The molecule has 0 bridgehead atoms. The molecule has 0 aromatic heterocycles. The summed E-state index contributed by atoms with van der Waals surface area (Å²) in [7, 11) is 0. The highest BCUT2D eigenvalue weighted by atomic mass is 16.5. The number of nitrogens with one attached hydrogen (secondary N) is 2. The summed E-state index contributed by atoms with van der Waals surface area (Å²) < 4.78 is 5.76. The Labute approximate surface area is 173 Å². The molecule has 4 rings (SSSR count). The van der Waals surface area contributed by atoms with Crippen LogP contribution in [0, 0.1) is 0 Å². The van der Waals surface area contributed by atoms with Crippen LogP contribution in [0.1, 0.15) is 5.56 Å². The number of carbonyl (C=O) groups excluding carboxylic acids is 2. The third-order valence-electron chi connectivity index (χ3n) is 4.70. The number of hydrogen-bond acceptors (Lipinski definition) is 4. The van der Waals surface area contributed by atoms with E-state index in [1.807, 2.05) is 60.7 Å². The summed E-state index contributed by atoms with van der Waals surface area (Å²) in [6.07, 6.45) is 0.398. The number of carbonyl (C=O) groups is 2.